The van der Waals surface area contributed by atoms with Gasteiger partial charge in [0.1, 0.15) is 5.69 Å². The Morgan fingerprint density at radius 3 is 2.41 bits per heavy atom. The molecule has 144 valence electrons. The van der Waals surface area contributed by atoms with Crippen molar-refractivity contribution >= 4 is 32.9 Å². The minimum absolute atomic E-state index is 0.134. The Hall–Kier alpha value is -2.94. The maximum Gasteiger partial charge on any atom is 0.338 e. The summed E-state index contributed by atoms with van der Waals surface area (Å²) < 4.78 is 28.3. The highest BCUT2D eigenvalue weighted by Gasteiger charge is 2.19. The normalized spacial score (nSPS) is 11.0. The van der Waals surface area contributed by atoms with Crippen LogP contribution in [0.4, 0.5) is 17.1 Å². The number of ether oxygens (including phenoxy) is 1. The molecule has 8 nitrogen and oxygen atoms in total. The summed E-state index contributed by atoms with van der Waals surface area (Å²) in [6, 6.07) is 9.92. The van der Waals surface area contributed by atoms with Crippen LogP contribution in [0.1, 0.15) is 30.1 Å². The summed E-state index contributed by atoms with van der Waals surface area (Å²) in [4.78, 5) is 22.4. The van der Waals surface area contributed by atoms with E-state index in [-0.39, 0.29) is 16.3 Å². The van der Waals surface area contributed by atoms with Crippen molar-refractivity contribution in [2.75, 3.05) is 18.2 Å². The van der Waals surface area contributed by atoms with Crippen LogP contribution in [0.25, 0.3) is 0 Å². The number of hydrogen-bond donors (Lipinski definition) is 1. The van der Waals surface area contributed by atoms with E-state index in [1.165, 1.54) is 12.1 Å². The number of benzene rings is 2. The molecule has 0 atom stereocenters. The molecule has 0 radical (unpaired) electrons. The summed E-state index contributed by atoms with van der Waals surface area (Å²) >= 11 is 0. The highest BCUT2D eigenvalue weighted by atomic mass is 32.2. The molecular formula is C18H20N2O6S. The second kappa shape index (κ2) is 8.63. The van der Waals surface area contributed by atoms with E-state index >= 15 is 0 Å². The number of unbranched alkanes of at least 4 members (excludes halogenated alkanes) is 1. The van der Waals surface area contributed by atoms with E-state index in [4.69, 9.17) is 4.74 Å². The van der Waals surface area contributed by atoms with Crippen LogP contribution in [0.3, 0.4) is 0 Å². The lowest BCUT2D eigenvalue weighted by atomic mass is 10.2. The zero-order valence-electron chi connectivity index (χ0n) is 15.0. The van der Waals surface area contributed by atoms with Gasteiger partial charge >= 0.3 is 5.97 Å². The molecule has 0 bridgehead atoms. The number of nitro benzene ring substituents is 1. The first-order valence-electron chi connectivity index (χ1n) is 8.25. The van der Waals surface area contributed by atoms with Gasteiger partial charge in [-0.2, -0.15) is 0 Å². The van der Waals surface area contributed by atoms with Crippen molar-refractivity contribution in [3.05, 3.63) is 58.1 Å². The number of sulfone groups is 1. The fourth-order valence-corrected chi connectivity index (χ4v) is 2.88. The number of nitrogens with zero attached hydrogens (tertiary/aromatic N) is 1. The van der Waals surface area contributed by atoms with Crippen molar-refractivity contribution in [1.82, 2.24) is 0 Å². The largest absolute Gasteiger partial charge is 0.462 e. The number of carbonyl (C=O) groups excluding carboxylic acids is 1. The molecule has 0 aliphatic carbocycles. The third-order valence-corrected chi connectivity index (χ3v) is 4.83. The van der Waals surface area contributed by atoms with Crippen LogP contribution >= 0.6 is 0 Å². The number of esters is 1. The van der Waals surface area contributed by atoms with E-state index < -0.39 is 20.7 Å². The van der Waals surface area contributed by atoms with Gasteiger partial charge in [0, 0.05) is 18.0 Å². The van der Waals surface area contributed by atoms with Crippen LogP contribution in [0.2, 0.25) is 0 Å². The van der Waals surface area contributed by atoms with E-state index in [0.717, 1.165) is 25.2 Å². The van der Waals surface area contributed by atoms with E-state index in [0.29, 0.717) is 17.9 Å². The number of nitro groups is 1. The van der Waals surface area contributed by atoms with Gasteiger partial charge in [0.15, 0.2) is 9.84 Å². The van der Waals surface area contributed by atoms with Crippen LogP contribution in [-0.4, -0.2) is 32.2 Å². The van der Waals surface area contributed by atoms with Gasteiger partial charge in [-0.1, -0.05) is 13.3 Å². The molecule has 9 heteroatoms. The average Bonchev–Trinajstić information content (AvgIpc) is 2.61. The summed E-state index contributed by atoms with van der Waals surface area (Å²) in [5.74, 6) is -0.432. The van der Waals surface area contributed by atoms with Gasteiger partial charge in [-0.05, 0) is 42.8 Å². The van der Waals surface area contributed by atoms with Gasteiger partial charge in [-0.25, -0.2) is 13.2 Å². The molecular weight excluding hydrogens is 372 g/mol. The molecule has 0 saturated heterocycles. The molecule has 0 saturated carbocycles. The summed E-state index contributed by atoms with van der Waals surface area (Å²) in [7, 11) is -3.56. The molecule has 2 aromatic carbocycles. The van der Waals surface area contributed by atoms with Crippen LogP contribution in [0.5, 0.6) is 0 Å². The van der Waals surface area contributed by atoms with Crippen molar-refractivity contribution in [3.8, 4) is 0 Å². The van der Waals surface area contributed by atoms with E-state index in [9.17, 15) is 23.3 Å². The Labute approximate surface area is 157 Å². The Balaban J connectivity index is 2.19. The maximum absolute atomic E-state index is 11.9. The minimum Gasteiger partial charge on any atom is -0.462 e. The number of rotatable bonds is 8. The molecule has 0 heterocycles. The highest BCUT2D eigenvalue weighted by Crippen LogP contribution is 2.30. The Bertz CT molecular complexity index is 939. The van der Waals surface area contributed by atoms with E-state index in [1.54, 1.807) is 24.3 Å². The molecule has 2 rings (SSSR count). The maximum atomic E-state index is 11.9. The predicted octanol–water partition coefficient (Wildman–Crippen LogP) is 3.70. The molecule has 0 spiro atoms. The summed E-state index contributed by atoms with van der Waals surface area (Å²) in [6.45, 7) is 2.35. The highest BCUT2D eigenvalue weighted by molar-refractivity contribution is 7.90. The zero-order valence-corrected chi connectivity index (χ0v) is 15.8. The number of carbonyl (C=O) groups is 1. The van der Waals surface area contributed by atoms with Gasteiger partial charge < -0.3 is 10.1 Å². The van der Waals surface area contributed by atoms with Crippen molar-refractivity contribution < 1.29 is 22.9 Å². The second-order valence-corrected chi connectivity index (χ2v) is 7.92. The van der Waals surface area contributed by atoms with Crippen LogP contribution in [-0.2, 0) is 14.6 Å². The molecule has 2 aromatic rings. The standard InChI is InChI=1S/C18H20N2O6S/c1-3-4-11-26-18(21)13-5-7-14(8-6-13)19-16-10-9-15(27(2,24)25)12-17(16)20(22)23/h5-10,12,19H,3-4,11H2,1-2H3. The van der Waals surface area contributed by atoms with Crippen molar-refractivity contribution in [2.24, 2.45) is 0 Å². The topological polar surface area (TPSA) is 116 Å². The first kappa shape index (κ1) is 20.4. The van der Waals surface area contributed by atoms with Crippen LogP contribution in [0.15, 0.2) is 47.4 Å². The third-order valence-electron chi connectivity index (χ3n) is 3.72. The van der Waals surface area contributed by atoms with Crippen molar-refractivity contribution in [1.29, 1.82) is 0 Å². The van der Waals surface area contributed by atoms with Crippen LogP contribution in [0, 0.1) is 10.1 Å². The van der Waals surface area contributed by atoms with Crippen molar-refractivity contribution in [3.63, 3.8) is 0 Å². The third kappa shape index (κ3) is 5.52. The monoisotopic (exact) mass is 392 g/mol. The molecule has 1 N–H and O–H groups in total. The Kier molecular flexibility index (Phi) is 6.51. The van der Waals surface area contributed by atoms with Gasteiger partial charge in [0.25, 0.3) is 5.69 Å². The van der Waals surface area contributed by atoms with E-state index in [2.05, 4.69) is 5.32 Å². The number of hydrogen-bond acceptors (Lipinski definition) is 7. The quantitative estimate of drug-likeness (QED) is 0.315. The molecule has 0 aromatic heterocycles. The zero-order chi connectivity index (χ0) is 20.0. The lowest BCUT2D eigenvalue weighted by Crippen LogP contribution is -2.06. The van der Waals surface area contributed by atoms with Gasteiger partial charge in [0.2, 0.25) is 0 Å². The molecule has 0 unspecified atom stereocenters. The van der Waals surface area contributed by atoms with Gasteiger partial charge in [0.05, 0.1) is 22.0 Å². The Morgan fingerprint density at radius 1 is 1.19 bits per heavy atom. The fraction of sp³-hybridized carbons (Fsp3) is 0.278. The lowest BCUT2D eigenvalue weighted by Gasteiger charge is -2.09. The molecule has 0 aliphatic rings. The molecule has 0 fully saturated rings. The summed E-state index contributed by atoms with van der Waals surface area (Å²) in [5.41, 5.74) is 0.667. The van der Waals surface area contributed by atoms with E-state index in [1.807, 2.05) is 6.92 Å². The second-order valence-electron chi connectivity index (χ2n) is 5.90. The predicted molar refractivity (Wildman–Crippen MR) is 101 cm³/mol. The van der Waals surface area contributed by atoms with Crippen LogP contribution < -0.4 is 5.32 Å². The lowest BCUT2D eigenvalue weighted by molar-refractivity contribution is -0.384. The summed E-state index contributed by atoms with van der Waals surface area (Å²) in [5, 5.41) is 14.1. The number of anilines is 2. The number of nitrogens with one attached hydrogen (secondary N) is 1. The van der Waals surface area contributed by atoms with Crippen molar-refractivity contribution in [2.45, 2.75) is 24.7 Å². The minimum atomic E-state index is -3.56. The summed E-state index contributed by atoms with van der Waals surface area (Å²) in [6.07, 6.45) is 2.70. The first-order chi connectivity index (χ1) is 12.7. The molecule has 27 heavy (non-hydrogen) atoms. The molecule has 0 amide bonds. The Morgan fingerprint density at radius 2 is 1.85 bits per heavy atom. The fourth-order valence-electron chi connectivity index (χ4n) is 2.24. The van der Waals surface area contributed by atoms with Gasteiger partial charge in [-0.3, -0.25) is 10.1 Å². The first-order valence-corrected chi connectivity index (χ1v) is 10.1. The van der Waals surface area contributed by atoms with Gasteiger partial charge in [-0.15, -0.1) is 0 Å². The smallest absolute Gasteiger partial charge is 0.338 e. The average molecular weight is 392 g/mol. The molecule has 0 aliphatic heterocycles. The SMILES string of the molecule is CCCCOC(=O)c1ccc(Nc2ccc(S(C)(=O)=O)cc2[N+](=O)[O-])cc1.